The maximum Gasteiger partial charge on any atom is 0.313 e. The van der Waals surface area contributed by atoms with Gasteiger partial charge in [0.05, 0.1) is 5.92 Å². The lowest BCUT2D eigenvalue weighted by molar-refractivity contribution is -0.148. The molecule has 0 aliphatic heterocycles. The number of Topliss-reactive ketones (excluding diaryl/α,β-unsaturated/α-hetero) is 1. The summed E-state index contributed by atoms with van der Waals surface area (Å²) in [6.45, 7) is 2.62. The maximum absolute atomic E-state index is 11.1. The molecular weight excluding hydrogens is 176 g/mol. The number of ketones is 1. The first kappa shape index (κ1) is 11.6. The first-order valence-corrected chi connectivity index (χ1v) is 3.84. The molecule has 2 atom stereocenters. The van der Waals surface area contributed by atoms with E-state index in [0.717, 1.165) is 0 Å². The lowest BCUT2D eigenvalue weighted by Crippen LogP contribution is -2.24. The predicted octanol–water partition coefficient (Wildman–Crippen LogP) is 0.387. The molecule has 13 heavy (non-hydrogen) atoms. The van der Waals surface area contributed by atoms with Crippen LogP contribution in [0.3, 0.4) is 0 Å². The molecule has 0 aromatic heterocycles. The van der Waals surface area contributed by atoms with E-state index in [-0.39, 0.29) is 6.42 Å². The summed E-state index contributed by atoms with van der Waals surface area (Å²) in [6, 6.07) is 0. The van der Waals surface area contributed by atoms with Crippen molar-refractivity contribution in [2.45, 2.75) is 20.3 Å². The van der Waals surface area contributed by atoms with Crippen LogP contribution in [0.4, 0.5) is 0 Å². The molecule has 0 spiro atoms. The summed E-state index contributed by atoms with van der Waals surface area (Å²) in [7, 11) is 0. The largest absolute Gasteiger partial charge is 0.481 e. The highest BCUT2D eigenvalue weighted by molar-refractivity contribution is 5.98. The number of hydrogen-bond donors (Lipinski definition) is 2. The molecule has 0 rings (SSSR count). The minimum atomic E-state index is -1.22. The molecule has 0 fully saturated rings. The van der Waals surface area contributed by atoms with E-state index in [0.29, 0.717) is 0 Å². The van der Waals surface area contributed by atoms with E-state index in [1.54, 1.807) is 0 Å². The van der Waals surface area contributed by atoms with E-state index in [9.17, 15) is 14.4 Å². The van der Waals surface area contributed by atoms with Crippen molar-refractivity contribution in [2.24, 2.45) is 11.8 Å². The molecule has 0 saturated carbocycles. The lowest BCUT2D eigenvalue weighted by atomic mass is 9.97. The van der Waals surface area contributed by atoms with Crippen molar-refractivity contribution in [3.05, 3.63) is 0 Å². The normalized spacial score (nSPS) is 14.6. The molecule has 2 unspecified atom stereocenters. The van der Waals surface area contributed by atoms with Crippen LogP contribution in [0.15, 0.2) is 0 Å². The zero-order valence-corrected chi connectivity index (χ0v) is 7.48. The molecule has 0 aliphatic carbocycles. The fourth-order valence-electron chi connectivity index (χ4n) is 0.704. The summed E-state index contributed by atoms with van der Waals surface area (Å²) < 4.78 is 0. The topological polar surface area (TPSA) is 91.7 Å². The van der Waals surface area contributed by atoms with Gasteiger partial charge in [0.25, 0.3) is 0 Å². The van der Waals surface area contributed by atoms with E-state index >= 15 is 0 Å². The highest BCUT2D eigenvalue weighted by Crippen LogP contribution is 2.08. The second kappa shape index (κ2) is 4.59. The molecular formula is C8H12O5. The van der Waals surface area contributed by atoms with Crippen LogP contribution in [-0.2, 0) is 14.4 Å². The Hall–Kier alpha value is -1.39. The summed E-state index contributed by atoms with van der Waals surface area (Å²) in [5.74, 6) is -4.81. The van der Waals surface area contributed by atoms with Gasteiger partial charge in [-0.25, -0.2) is 0 Å². The van der Waals surface area contributed by atoms with Crippen LogP contribution in [0.2, 0.25) is 0 Å². The molecule has 2 N–H and O–H groups in total. The molecule has 0 aromatic carbocycles. The Kier molecular flexibility index (Phi) is 4.10. The zero-order valence-electron chi connectivity index (χ0n) is 7.48. The average Bonchev–Trinajstić information content (AvgIpc) is 2.02. The van der Waals surface area contributed by atoms with Crippen LogP contribution < -0.4 is 0 Å². The monoisotopic (exact) mass is 188 g/mol. The summed E-state index contributed by atoms with van der Waals surface area (Å²) in [5.41, 5.74) is 0. The summed E-state index contributed by atoms with van der Waals surface area (Å²) >= 11 is 0. The van der Waals surface area contributed by atoms with Gasteiger partial charge < -0.3 is 10.2 Å². The minimum absolute atomic E-state index is 0.233. The van der Waals surface area contributed by atoms with Crippen LogP contribution in [0.5, 0.6) is 0 Å². The Balaban J connectivity index is 4.15. The zero-order chi connectivity index (χ0) is 10.6. The quantitative estimate of drug-likeness (QED) is 0.609. The molecule has 0 bridgehead atoms. The van der Waals surface area contributed by atoms with Crippen LogP contribution in [0, 0.1) is 11.8 Å². The van der Waals surface area contributed by atoms with Gasteiger partial charge in [-0.05, 0) is 6.92 Å². The van der Waals surface area contributed by atoms with Crippen molar-refractivity contribution in [1.82, 2.24) is 0 Å². The molecule has 0 saturated heterocycles. The standard InChI is InChI=1S/C8H12O5/c1-4(7(10)11)3-6(9)5(2)8(12)13/h4-5H,3H2,1-2H3,(H,10,11)(H,12,13). The van der Waals surface area contributed by atoms with Gasteiger partial charge in [0.2, 0.25) is 0 Å². The van der Waals surface area contributed by atoms with Crippen molar-refractivity contribution in [2.75, 3.05) is 0 Å². The van der Waals surface area contributed by atoms with Gasteiger partial charge in [-0.3, -0.25) is 14.4 Å². The van der Waals surface area contributed by atoms with Gasteiger partial charge in [-0.15, -0.1) is 0 Å². The number of carboxylic acids is 2. The van der Waals surface area contributed by atoms with Gasteiger partial charge in [-0.1, -0.05) is 6.92 Å². The van der Waals surface area contributed by atoms with Gasteiger partial charge >= 0.3 is 11.9 Å². The number of hydrogen-bond acceptors (Lipinski definition) is 3. The Bertz CT molecular complexity index is 233. The van der Waals surface area contributed by atoms with Crippen molar-refractivity contribution in [1.29, 1.82) is 0 Å². The van der Waals surface area contributed by atoms with Crippen LogP contribution in [0.1, 0.15) is 20.3 Å². The lowest BCUT2D eigenvalue weighted by Gasteiger charge is -2.07. The van der Waals surface area contributed by atoms with Crippen molar-refractivity contribution in [3.8, 4) is 0 Å². The fraction of sp³-hybridized carbons (Fsp3) is 0.625. The smallest absolute Gasteiger partial charge is 0.313 e. The van der Waals surface area contributed by atoms with Gasteiger partial charge in [-0.2, -0.15) is 0 Å². The molecule has 5 heteroatoms. The Morgan fingerprint density at radius 1 is 1.08 bits per heavy atom. The van der Waals surface area contributed by atoms with E-state index < -0.39 is 29.6 Å². The Labute approximate surface area is 75.4 Å². The van der Waals surface area contributed by atoms with Crippen LogP contribution >= 0.6 is 0 Å². The second-order valence-electron chi connectivity index (χ2n) is 2.97. The first-order valence-electron chi connectivity index (χ1n) is 3.84. The molecule has 0 aliphatic rings. The summed E-state index contributed by atoms with van der Waals surface area (Å²) in [5, 5.41) is 16.9. The second-order valence-corrected chi connectivity index (χ2v) is 2.97. The van der Waals surface area contributed by atoms with Gasteiger partial charge in [0.15, 0.2) is 0 Å². The van der Waals surface area contributed by atoms with Crippen LogP contribution in [-0.4, -0.2) is 27.9 Å². The highest BCUT2D eigenvalue weighted by atomic mass is 16.4. The van der Waals surface area contributed by atoms with E-state index in [1.165, 1.54) is 13.8 Å². The Morgan fingerprint density at radius 2 is 1.54 bits per heavy atom. The number of aliphatic carboxylic acids is 2. The molecule has 0 radical (unpaired) electrons. The van der Waals surface area contributed by atoms with E-state index in [4.69, 9.17) is 10.2 Å². The Morgan fingerprint density at radius 3 is 1.85 bits per heavy atom. The fourth-order valence-corrected chi connectivity index (χ4v) is 0.704. The predicted molar refractivity (Wildman–Crippen MR) is 43.2 cm³/mol. The third-order valence-corrected chi connectivity index (χ3v) is 1.78. The molecule has 5 nitrogen and oxygen atoms in total. The van der Waals surface area contributed by atoms with Crippen molar-refractivity contribution >= 4 is 17.7 Å². The van der Waals surface area contributed by atoms with Gasteiger partial charge in [0, 0.05) is 6.42 Å². The van der Waals surface area contributed by atoms with Crippen molar-refractivity contribution < 1.29 is 24.6 Å². The number of rotatable bonds is 5. The van der Waals surface area contributed by atoms with Gasteiger partial charge in [0.1, 0.15) is 11.7 Å². The molecule has 0 amide bonds. The third kappa shape index (κ3) is 3.68. The number of carbonyl (C=O) groups is 3. The average molecular weight is 188 g/mol. The summed E-state index contributed by atoms with van der Waals surface area (Å²) in [6.07, 6.45) is -0.233. The summed E-state index contributed by atoms with van der Waals surface area (Å²) in [4.78, 5) is 31.7. The van der Waals surface area contributed by atoms with E-state index in [2.05, 4.69) is 0 Å². The highest BCUT2D eigenvalue weighted by Gasteiger charge is 2.24. The number of carboxylic acid groups (broad SMARTS) is 2. The third-order valence-electron chi connectivity index (χ3n) is 1.78. The maximum atomic E-state index is 11.1. The van der Waals surface area contributed by atoms with E-state index in [1.807, 2.05) is 0 Å². The minimum Gasteiger partial charge on any atom is -0.481 e. The molecule has 0 aromatic rings. The SMILES string of the molecule is CC(CC(=O)C(C)C(=O)O)C(=O)O. The first-order chi connectivity index (χ1) is 5.86. The number of carbonyl (C=O) groups excluding carboxylic acids is 1. The van der Waals surface area contributed by atoms with Crippen LogP contribution in [0.25, 0.3) is 0 Å². The van der Waals surface area contributed by atoms with Crippen molar-refractivity contribution in [3.63, 3.8) is 0 Å². The molecule has 74 valence electrons. The molecule has 0 heterocycles.